The molecule has 0 saturated heterocycles. The van der Waals surface area contributed by atoms with Crippen LogP contribution in [-0.4, -0.2) is 11.8 Å². The number of amides is 2. The first-order valence-corrected chi connectivity index (χ1v) is 8.33. The summed E-state index contributed by atoms with van der Waals surface area (Å²) >= 11 is 0. The second kappa shape index (κ2) is 8.50. The molecular formula is C21H17N3O3. The summed E-state index contributed by atoms with van der Waals surface area (Å²) < 4.78 is 5.18. The lowest BCUT2D eigenvalue weighted by molar-refractivity contribution is 0.0943. The van der Waals surface area contributed by atoms with Crippen LogP contribution in [0.25, 0.3) is 0 Å². The SMILES string of the molecule is N#Cc1ccc(C(=O)NCc2cccc(C(=O)NCc3ccco3)c2)cc1. The van der Waals surface area contributed by atoms with Gasteiger partial charge in [0.15, 0.2) is 0 Å². The van der Waals surface area contributed by atoms with Crippen molar-refractivity contribution in [3.8, 4) is 6.07 Å². The molecule has 0 spiro atoms. The molecule has 0 aliphatic heterocycles. The van der Waals surface area contributed by atoms with E-state index in [4.69, 9.17) is 9.68 Å². The van der Waals surface area contributed by atoms with Crippen molar-refractivity contribution in [3.05, 3.63) is 94.9 Å². The molecule has 6 heteroatoms. The number of hydrogen-bond acceptors (Lipinski definition) is 4. The summed E-state index contributed by atoms with van der Waals surface area (Å²) in [6, 6.07) is 19.0. The molecule has 0 unspecified atom stereocenters. The molecule has 3 rings (SSSR count). The second-order valence-corrected chi connectivity index (χ2v) is 5.83. The topological polar surface area (TPSA) is 95.1 Å². The van der Waals surface area contributed by atoms with Gasteiger partial charge in [-0.15, -0.1) is 0 Å². The maximum atomic E-state index is 12.2. The lowest BCUT2D eigenvalue weighted by Gasteiger charge is -2.08. The van der Waals surface area contributed by atoms with Gasteiger partial charge < -0.3 is 15.1 Å². The Morgan fingerprint density at radius 2 is 1.63 bits per heavy atom. The van der Waals surface area contributed by atoms with Crippen molar-refractivity contribution in [1.29, 1.82) is 5.26 Å². The van der Waals surface area contributed by atoms with Crippen LogP contribution in [0, 0.1) is 11.3 Å². The first-order chi connectivity index (χ1) is 13.2. The Hall–Kier alpha value is -3.85. The van der Waals surface area contributed by atoms with Crippen LogP contribution in [0.2, 0.25) is 0 Å². The molecule has 6 nitrogen and oxygen atoms in total. The van der Waals surface area contributed by atoms with Crippen LogP contribution < -0.4 is 10.6 Å². The van der Waals surface area contributed by atoms with Gasteiger partial charge in [0.05, 0.1) is 24.4 Å². The third-order valence-electron chi connectivity index (χ3n) is 3.92. The summed E-state index contributed by atoms with van der Waals surface area (Å²) in [6.45, 7) is 0.601. The molecule has 0 aliphatic carbocycles. The first-order valence-electron chi connectivity index (χ1n) is 8.33. The quantitative estimate of drug-likeness (QED) is 0.707. The predicted molar refractivity (Wildman–Crippen MR) is 98.6 cm³/mol. The van der Waals surface area contributed by atoms with Gasteiger partial charge in [0, 0.05) is 17.7 Å². The lowest BCUT2D eigenvalue weighted by Crippen LogP contribution is -2.24. The van der Waals surface area contributed by atoms with Gasteiger partial charge in [-0.25, -0.2) is 0 Å². The molecule has 134 valence electrons. The number of furan rings is 1. The molecule has 2 N–H and O–H groups in total. The van der Waals surface area contributed by atoms with Crippen molar-refractivity contribution >= 4 is 11.8 Å². The van der Waals surface area contributed by atoms with Gasteiger partial charge in [0.2, 0.25) is 0 Å². The Morgan fingerprint density at radius 1 is 0.889 bits per heavy atom. The molecule has 0 saturated carbocycles. The highest BCUT2D eigenvalue weighted by Crippen LogP contribution is 2.08. The van der Waals surface area contributed by atoms with E-state index < -0.39 is 0 Å². The summed E-state index contributed by atoms with van der Waals surface area (Å²) in [7, 11) is 0. The van der Waals surface area contributed by atoms with Crippen molar-refractivity contribution in [3.63, 3.8) is 0 Å². The van der Waals surface area contributed by atoms with Gasteiger partial charge in [-0.3, -0.25) is 9.59 Å². The fourth-order valence-electron chi connectivity index (χ4n) is 2.49. The Bertz CT molecular complexity index is 971. The average Bonchev–Trinajstić information content (AvgIpc) is 3.24. The largest absolute Gasteiger partial charge is 0.467 e. The van der Waals surface area contributed by atoms with Gasteiger partial charge in [0.1, 0.15) is 5.76 Å². The molecule has 0 radical (unpaired) electrons. The zero-order valence-electron chi connectivity index (χ0n) is 14.4. The Kier molecular flexibility index (Phi) is 5.65. The van der Waals surface area contributed by atoms with Crippen molar-refractivity contribution in [1.82, 2.24) is 10.6 Å². The van der Waals surface area contributed by atoms with Gasteiger partial charge in [-0.2, -0.15) is 5.26 Å². The molecule has 3 aromatic rings. The number of benzene rings is 2. The van der Waals surface area contributed by atoms with E-state index in [2.05, 4.69) is 10.6 Å². The van der Waals surface area contributed by atoms with E-state index in [1.54, 1.807) is 60.9 Å². The molecule has 1 heterocycles. The Labute approximate surface area is 156 Å². The zero-order valence-corrected chi connectivity index (χ0v) is 14.4. The third-order valence-corrected chi connectivity index (χ3v) is 3.92. The lowest BCUT2D eigenvalue weighted by atomic mass is 10.1. The predicted octanol–water partition coefficient (Wildman–Crippen LogP) is 3.01. The van der Waals surface area contributed by atoms with Crippen LogP contribution in [0.5, 0.6) is 0 Å². The van der Waals surface area contributed by atoms with E-state index in [0.29, 0.717) is 29.0 Å². The number of carbonyl (C=O) groups is 2. The van der Waals surface area contributed by atoms with E-state index in [9.17, 15) is 9.59 Å². The van der Waals surface area contributed by atoms with E-state index in [0.717, 1.165) is 5.56 Å². The molecular weight excluding hydrogens is 342 g/mol. The Morgan fingerprint density at radius 3 is 2.33 bits per heavy atom. The molecule has 0 atom stereocenters. The molecule has 0 aliphatic rings. The molecule has 0 bridgehead atoms. The van der Waals surface area contributed by atoms with Gasteiger partial charge in [0.25, 0.3) is 11.8 Å². The van der Waals surface area contributed by atoms with Crippen molar-refractivity contribution < 1.29 is 14.0 Å². The molecule has 0 fully saturated rings. The molecule has 27 heavy (non-hydrogen) atoms. The number of hydrogen-bond donors (Lipinski definition) is 2. The van der Waals surface area contributed by atoms with Crippen molar-refractivity contribution in [2.75, 3.05) is 0 Å². The molecule has 2 amide bonds. The number of carbonyl (C=O) groups excluding carboxylic acids is 2. The minimum atomic E-state index is -0.243. The summed E-state index contributed by atoms with van der Waals surface area (Å²) in [5.41, 5.74) is 2.29. The summed E-state index contributed by atoms with van der Waals surface area (Å²) in [4.78, 5) is 24.4. The van der Waals surface area contributed by atoms with Gasteiger partial charge in [-0.1, -0.05) is 12.1 Å². The summed E-state index contributed by atoms with van der Waals surface area (Å²) in [5, 5.41) is 14.4. The highest BCUT2D eigenvalue weighted by Gasteiger charge is 2.09. The zero-order chi connectivity index (χ0) is 19.1. The number of rotatable bonds is 6. The fourth-order valence-corrected chi connectivity index (χ4v) is 2.49. The van der Waals surface area contributed by atoms with Crippen LogP contribution in [0.3, 0.4) is 0 Å². The van der Waals surface area contributed by atoms with Crippen LogP contribution in [-0.2, 0) is 13.1 Å². The number of nitrogens with zero attached hydrogens (tertiary/aromatic N) is 1. The minimum Gasteiger partial charge on any atom is -0.467 e. The van der Waals surface area contributed by atoms with Crippen molar-refractivity contribution in [2.24, 2.45) is 0 Å². The highest BCUT2D eigenvalue weighted by atomic mass is 16.3. The smallest absolute Gasteiger partial charge is 0.251 e. The standard InChI is InChI=1S/C21H17N3O3/c22-12-15-6-8-17(9-7-15)20(25)23-13-16-3-1-4-18(11-16)21(26)24-14-19-5-2-10-27-19/h1-11H,13-14H2,(H,23,25)(H,24,26). The first kappa shape index (κ1) is 18.0. The minimum absolute atomic E-state index is 0.216. The van der Waals surface area contributed by atoms with Gasteiger partial charge in [-0.05, 0) is 54.1 Å². The maximum Gasteiger partial charge on any atom is 0.251 e. The van der Waals surface area contributed by atoms with E-state index in [1.165, 1.54) is 0 Å². The van der Waals surface area contributed by atoms with Crippen molar-refractivity contribution in [2.45, 2.75) is 13.1 Å². The fraction of sp³-hybridized carbons (Fsp3) is 0.0952. The monoisotopic (exact) mass is 359 g/mol. The van der Waals surface area contributed by atoms with Crippen LogP contribution in [0.15, 0.2) is 71.3 Å². The normalized spacial score (nSPS) is 10.0. The molecule has 1 aromatic heterocycles. The van der Waals surface area contributed by atoms with Crippen LogP contribution >= 0.6 is 0 Å². The number of nitrogens with one attached hydrogen (secondary N) is 2. The summed E-state index contributed by atoms with van der Waals surface area (Å²) in [6.07, 6.45) is 1.55. The van der Waals surface area contributed by atoms with Crippen LogP contribution in [0.4, 0.5) is 0 Å². The highest BCUT2D eigenvalue weighted by molar-refractivity contribution is 5.95. The Balaban J connectivity index is 1.57. The van der Waals surface area contributed by atoms with E-state index in [-0.39, 0.29) is 18.4 Å². The molecule has 2 aromatic carbocycles. The second-order valence-electron chi connectivity index (χ2n) is 5.83. The number of nitriles is 1. The van der Waals surface area contributed by atoms with E-state index >= 15 is 0 Å². The maximum absolute atomic E-state index is 12.2. The average molecular weight is 359 g/mol. The van der Waals surface area contributed by atoms with Crippen LogP contribution in [0.1, 0.15) is 37.6 Å². The summed E-state index contributed by atoms with van der Waals surface area (Å²) in [5.74, 6) is 0.216. The van der Waals surface area contributed by atoms with E-state index in [1.807, 2.05) is 12.1 Å². The van der Waals surface area contributed by atoms with Gasteiger partial charge >= 0.3 is 0 Å². The third kappa shape index (κ3) is 4.83.